The lowest BCUT2D eigenvalue weighted by molar-refractivity contribution is -0.0508. The molecule has 0 amide bonds. The highest BCUT2D eigenvalue weighted by molar-refractivity contribution is 5.00. The van der Waals surface area contributed by atoms with Crippen LogP contribution >= 0.6 is 0 Å². The molecule has 1 aromatic rings. The van der Waals surface area contributed by atoms with E-state index >= 15 is 0 Å². The van der Waals surface area contributed by atoms with Gasteiger partial charge in [-0.3, -0.25) is 10.00 Å². The topological polar surface area (TPSA) is 74.3 Å². The van der Waals surface area contributed by atoms with Crippen molar-refractivity contribution in [1.29, 1.82) is 0 Å². The van der Waals surface area contributed by atoms with E-state index in [0.717, 1.165) is 62.8 Å². The summed E-state index contributed by atoms with van der Waals surface area (Å²) in [6, 6.07) is 0.217. The molecule has 2 fully saturated rings. The molecule has 0 bridgehead atoms. The van der Waals surface area contributed by atoms with E-state index in [2.05, 4.69) is 27.0 Å². The largest absolute Gasteiger partial charge is 0.389 e. The molecule has 6 nitrogen and oxygen atoms in total. The third kappa shape index (κ3) is 4.11. The van der Waals surface area contributed by atoms with Crippen LogP contribution in [0.5, 0.6) is 0 Å². The number of methoxy groups -OCH3 is 1. The Kier molecular flexibility index (Phi) is 5.34. The van der Waals surface area contributed by atoms with Crippen LogP contribution in [0.2, 0.25) is 0 Å². The first-order valence-corrected chi connectivity index (χ1v) is 8.96. The van der Waals surface area contributed by atoms with Gasteiger partial charge >= 0.3 is 0 Å². The Hall–Kier alpha value is -0.980. The number of nitrogens with one attached hydrogen (secondary N) is 1. The Bertz CT molecular complexity index is 497. The molecule has 1 aliphatic heterocycles. The van der Waals surface area contributed by atoms with Gasteiger partial charge in [0, 0.05) is 13.7 Å². The summed E-state index contributed by atoms with van der Waals surface area (Å²) in [6.45, 7) is 4.52. The average molecular weight is 322 g/mol. The second-order valence-electron chi connectivity index (χ2n) is 7.46. The summed E-state index contributed by atoms with van der Waals surface area (Å²) in [5.74, 6) is 2.37. The Morgan fingerprint density at radius 2 is 2.09 bits per heavy atom. The van der Waals surface area contributed by atoms with Gasteiger partial charge in [-0.05, 0) is 51.0 Å². The van der Waals surface area contributed by atoms with Gasteiger partial charge < -0.3 is 9.84 Å². The summed E-state index contributed by atoms with van der Waals surface area (Å²) >= 11 is 0. The summed E-state index contributed by atoms with van der Waals surface area (Å²) in [5, 5.41) is 18.4. The van der Waals surface area contributed by atoms with Gasteiger partial charge in [-0.15, -0.1) is 0 Å². The van der Waals surface area contributed by atoms with Crippen LogP contribution in [0.25, 0.3) is 0 Å². The SMILES string of the molecule is COCc1nc([C@@H]2CCCCN2CC2(O)CCC(C)CC2)n[nH]1. The summed E-state index contributed by atoms with van der Waals surface area (Å²) in [5.41, 5.74) is -0.534. The maximum Gasteiger partial charge on any atom is 0.167 e. The Morgan fingerprint density at radius 1 is 1.30 bits per heavy atom. The quantitative estimate of drug-likeness (QED) is 0.871. The number of aliphatic hydroxyl groups is 1. The van der Waals surface area contributed by atoms with Crippen LogP contribution < -0.4 is 0 Å². The number of piperidine rings is 1. The highest BCUT2D eigenvalue weighted by atomic mass is 16.5. The van der Waals surface area contributed by atoms with E-state index in [1.54, 1.807) is 7.11 Å². The zero-order valence-electron chi connectivity index (χ0n) is 14.4. The van der Waals surface area contributed by atoms with E-state index in [4.69, 9.17) is 4.74 Å². The predicted molar refractivity (Wildman–Crippen MR) is 87.8 cm³/mol. The lowest BCUT2D eigenvalue weighted by Gasteiger charge is -2.42. The van der Waals surface area contributed by atoms with Crippen LogP contribution in [0.4, 0.5) is 0 Å². The van der Waals surface area contributed by atoms with E-state index in [1.165, 1.54) is 12.8 Å². The molecule has 0 unspecified atom stereocenters. The summed E-state index contributed by atoms with van der Waals surface area (Å²) in [4.78, 5) is 6.99. The number of hydrogen-bond donors (Lipinski definition) is 2. The van der Waals surface area contributed by atoms with Crippen molar-refractivity contribution in [2.45, 2.75) is 70.1 Å². The highest BCUT2D eigenvalue weighted by Gasteiger charge is 2.37. The third-order valence-electron chi connectivity index (χ3n) is 5.44. The molecule has 0 radical (unpaired) electrons. The molecule has 2 heterocycles. The number of β-amino-alcohol motifs (C(OH)–C–C–N with tert-alkyl or cyclic N) is 1. The lowest BCUT2D eigenvalue weighted by atomic mass is 9.79. The van der Waals surface area contributed by atoms with E-state index < -0.39 is 5.60 Å². The van der Waals surface area contributed by atoms with E-state index in [-0.39, 0.29) is 6.04 Å². The first-order valence-electron chi connectivity index (χ1n) is 8.96. The third-order valence-corrected chi connectivity index (χ3v) is 5.44. The molecule has 1 atom stereocenters. The molecule has 2 aliphatic rings. The Labute approximate surface area is 138 Å². The van der Waals surface area contributed by atoms with Gasteiger partial charge in [0.25, 0.3) is 0 Å². The molecule has 1 saturated heterocycles. The monoisotopic (exact) mass is 322 g/mol. The zero-order chi connectivity index (χ0) is 16.3. The minimum atomic E-state index is -0.534. The second kappa shape index (κ2) is 7.28. The van der Waals surface area contributed by atoms with Crippen LogP contribution in [-0.4, -0.2) is 51.0 Å². The number of aromatic amines is 1. The molecule has 1 aliphatic carbocycles. The fourth-order valence-corrected chi connectivity index (χ4v) is 3.97. The maximum atomic E-state index is 11.0. The van der Waals surface area contributed by atoms with Gasteiger partial charge in [-0.25, -0.2) is 4.98 Å². The van der Waals surface area contributed by atoms with Crippen LogP contribution in [-0.2, 0) is 11.3 Å². The second-order valence-corrected chi connectivity index (χ2v) is 7.46. The summed E-state index contributed by atoms with van der Waals surface area (Å²) in [6.07, 6.45) is 7.56. The van der Waals surface area contributed by atoms with Crippen molar-refractivity contribution in [1.82, 2.24) is 20.1 Å². The number of rotatable bonds is 5. The van der Waals surface area contributed by atoms with Gasteiger partial charge in [-0.1, -0.05) is 13.3 Å². The molecule has 0 spiro atoms. The number of aromatic nitrogens is 3. The van der Waals surface area contributed by atoms with Crippen LogP contribution in [0.15, 0.2) is 0 Å². The van der Waals surface area contributed by atoms with Gasteiger partial charge in [0.15, 0.2) is 11.6 Å². The van der Waals surface area contributed by atoms with Crippen molar-refractivity contribution in [3.8, 4) is 0 Å². The average Bonchev–Trinajstić information content (AvgIpc) is 3.00. The van der Waals surface area contributed by atoms with Crippen LogP contribution in [0, 0.1) is 5.92 Å². The van der Waals surface area contributed by atoms with Crippen molar-refractivity contribution < 1.29 is 9.84 Å². The van der Waals surface area contributed by atoms with Gasteiger partial charge in [0.05, 0.1) is 11.6 Å². The number of ether oxygens (including phenoxy) is 1. The van der Waals surface area contributed by atoms with Crippen molar-refractivity contribution >= 4 is 0 Å². The molecule has 6 heteroatoms. The fraction of sp³-hybridized carbons (Fsp3) is 0.882. The van der Waals surface area contributed by atoms with Crippen molar-refractivity contribution in [3.63, 3.8) is 0 Å². The van der Waals surface area contributed by atoms with Crippen LogP contribution in [0.1, 0.15) is 69.6 Å². The standard InChI is InChI=1S/C17H30N4O2/c1-13-6-8-17(22,9-7-13)12-21-10-4-3-5-14(21)16-18-15(11-23-2)19-20-16/h13-14,22H,3-12H2,1-2H3,(H,18,19,20)/t13?,14-,17?/m0/s1. The van der Waals surface area contributed by atoms with Gasteiger partial charge in [-0.2, -0.15) is 5.10 Å². The minimum absolute atomic E-state index is 0.217. The molecule has 130 valence electrons. The number of likely N-dealkylation sites (tertiary alicyclic amines) is 1. The number of nitrogens with zero attached hydrogens (tertiary/aromatic N) is 3. The van der Waals surface area contributed by atoms with Gasteiger partial charge in [0.2, 0.25) is 0 Å². The molecule has 1 aromatic heterocycles. The van der Waals surface area contributed by atoms with Gasteiger partial charge in [0.1, 0.15) is 6.61 Å². The molecular formula is C17H30N4O2. The first kappa shape index (κ1) is 16.9. The first-order chi connectivity index (χ1) is 11.1. The molecule has 1 saturated carbocycles. The molecule has 3 rings (SSSR count). The van der Waals surface area contributed by atoms with Crippen molar-refractivity contribution in [2.24, 2.45) is 5.92 Å². The smallest absolute Gasteiger partial charge is 0.167 e. The Morgan fingerprint density at radius 3 is 2.83 bits per heavy atom. The summed E-state index contributed by atoms with van der Waals surface area (Å²) < 4.78 is 5.12. The van der Waals surface area contributed by atoms with Crippen LogP contribution in [0.3, 0.4) is 0 Å². The van der Waals surface area contributed by atoms with E-state index in [9.17, 15) is 5.11 Å². The minimum Gasteiger partial charge on any atom is -0.389 e. The molecule has 0 aromatic carbocycles. The normalized spacial score (nSPS) is 33.0. The number of hydrogen-bond acceptors (Lipinski definition) is 5. The number of H-pyrrole nitrogens is 1. The highest BCUT2D eigenvalue weighted by Crippen LogP contribution is 2.36. The van der Waals surface area contributed by atoms with Crippen molar-refractivity contribution in [3.05, 3.63) is 11.6 Å². The molecule has 23 heavy (non-hydrogen) atoms. The van der Waals surface area contributed by atoms with E-state index in [0.29, 0.717) is 6.61 Å². The maximum absolute atomic E-state index is 11.0. The lowest BCUT2D eigenvalue weighted by Crippen LogP contribution is -2.48. The van der Waals surface area contributed by atoms with Crippen molar-refractivity contribution in [2.75, 3.05) is 20.2 Å². The molecular weight excluding hydrogens is 292 g/mol. The van der Waals surface area contributed by atoms with E-state index in [1.807, 2.05) is 0 Å². The predicted octanol–water partition coefficient (Wildman–Crippen LogP) is 2.42. The fourth-order valence-electron chi connectivity index (χ4n) is 3.97. The summed E-state index contributed by atoms with van der Waals surface area (Å²) in [7, 11) is 1.66. The zero-order valence-corrected chi connectivity index (χ0v) is 14.4. The molecule has 2 N–H and O–H groups in total. The Balaban J connectivity index is 1.68.